The lowest BCUT2D eigenvalue weighted by atomic mass is 10.1. The van der Waals surface area contributed by atoms with E-state index in [2.05, 4.69) is 15.9 Å². The normalized spacial score (nSPS) is 11.6. The minimum absolute atomic E-state index is 0.00666. The predicted molar refractivity (Wildman–Crippen MR) is 65.9 cm³/mol. The van der Waals surface area contributed by atoms with Gasteiger partial charge in [0.05, 0.1) is 10.4 Å². The molecule has 0 spiro atoms. The Balaban J connectivity index is 2.83. The second-order valence-corrected chi connectivity index (χ2v) is 5.24. The van der Waals surface area contributed by atoms with Gasteiger partial charge in [-0.3, -0.25) is 4.79 Å². The van der Waals surface area contributed by atoms with Crippen molar-refractivity contribution in [3.8, 4) is 0 Å². The molecule has 0 amide bonds. The molecule has 0 unspecified atom stereocenters. The van der Waals surface area contributed by atoms with E-state index in [-0.39, 0.29) is 39.2 Å². The molecule has 1 aromatic rings. The van der Waals surface area contributed by atoms with Crippen molar-refractivity contribution in [3.05, 3.63) is 28.8 Å². The standard InChI is InChI=1S/C10H7BrClF3OS/c11-5-7(16)3-6-1-2-9(8(12)4-6)17-10(13,14)15/h1-2,4H,3,5H2. The van der Waals surface area contributed by atoms with Gasteiger partial charge >= 0.3 is 5.51 Å². The number of halogens is 5. The average molecular weight is 348 g/mol. The van der Waals surface area contributed by atoms with E-state index in [0.717, 1.165) is 0 Å². The number of ketones is 1. The molecule has 0 atom stereocenters. The Labute approximate surface area is 114 Å². The van der Waals surface area contributed by atoms with Gasteiger partial charge in [0.25, 0.3) is 0 Å². The molecule has 0 aliphatic heterocycles. The van der Waals surface area contributed by atoms with Crippen molar-refractivity contribution in [1.82, 2.24) is 0 Å². The Bertz CT molecular complexity index is 423. The van der Waals surface area contributed by atoms with Gasteiger partial charge in [0, 0.05) is 11.3 Å². The number of rotatable bonds is 4. The van der Waals surface area contributed by atoms with Crippen molar-refractivity contribution in [2.45, 2.75) is 16.8 Å². The van der Waals surface area contributed by atoms with Gasteiger partial charge in [-0.15, -0.1) is 0 Å². The van der Waals surface area contributed by atoms with Crippen LogP contribution in [0.1, 0.15) is 5.56 Å². The molecule has 0 bridgehead atoms. The quantitative estimate of drug-likeness (QED) is 0.591. The number of benzene rings is 1. The molecule has 0 N–H and O–H groups in total. The number of hydrogen-bond donors (Lipinski definition) is 0. The summed E-state index contributed by atoms with van der Waals surface area (Å²) in [5.41, 5.74) is -3.76. The first-order valence-corrected chi connectivity index (χ1v) is 6.75. The van der Waals surface area contributed by atoms with Crippen LogP contribution in [0.25, 0.3) is 0 Å². The molecule has 94 valence electrons. The van der Waals surface area contributed by atoms with Crippen molar-refractivity contribution in [2.24, 2.45) is 0 Å². The number of carbonyl (C=O) groups excluding carboxylic acids is 1. The molecule has 0 aliphatic carbocycles. The molecule has 1 aromatic carbocycles. The van der Waals surface area contributed by atoms with E-state index in [0.29, 0.717) is 5.56 Å². The van der Waals surface area contributed by atoms with E-state index in [1.54, 1.807) is 0 Å². The largest absolute Gasteiger partial charge is 0.446 e. The molecule has 0 fully saturated rings. The Morgan fingerprint density at radius 1 is 1.41 bits per heavy atom. The topological polar surface area (TPSA) is 17.1 Å². The van der Waals surface area contributed by atoms with E-state index in [1.807, 2.05) is 0 Å². The first-order chi connectivity index (χ1) is 7.81. The molecular formula is C10H7BrClF3OS. The van der Waals surface area contributed by atoms with Crippen molar-refractivity contribution in [2.75, 3.05) is 5.33 Å². The summed E-state index contributed by atoms with van der Waals surface area (Å²) in [5.74, 6) is -0.0581. The van der Waals surface area contributed by atoms with Crippen LogP contribution in [0.5, 0.6) is 0 Å². The van der Waals surface area contributed by atoms with Gasteiger partial charge in [0.1, 0.15) is 5.78 Å². The Kier molecular flexibility index (Phi) is 5.34. The van der Waals surface area contributed by atoms with Gasteiger partial charge in [-0.1, -0.05) is 33.6 Å². The van der Waals surface area contributed by atoms with Crippen LogP contribution < -0.4 is 0 Å². The van der Waals surface area contributed by atoms with E-state index in [9.17, 15) is 18.0 Å². The molecule has 1 nitrogen and oxygen atoms in total. The molecule has 0 saturated carbocycles. The maximum atomic E-state index is 12.1. The first-order valence-electron chi connectivity index (χ1n) is 4.43. The van der Waals surface area contributed by atoms with Crippen LogP contribution >= 0.6 is 39.3 Å². The van der Waals surface area contributed by atoms with E-state index in [4.69, 9.17) is 11.6 Å². The molecule has 0 aliphatic rings. The van der Waals surface area contributed by atoms with Crippen molar-refractivity contribution >= 4 is 45.1 Å². The second kappa shape index (κ2) is 6.11. The van der Waals surface area contributed by atoms with Gasteiger partial charge < -0.3 is 0 Å². The van der Waals surface area contributed by atoms with Crippen LogP contribution in [-0.4, -0.2) is 16.6 Å². The molecular weight excluding hydrogens is 341 g/mol. The van der Waals surface area contributed by atoms with Crippen LogP contribution in [0, 0.1) is 0 Å². The number of hydrogen-bond acceptors (Lipinski definition) is 2. The Morgan fingerprint density at radius 3 is 2.53 bits per heavy atom. The van der Waals surface area contributed by atoms with Crippen molar-refractivity contribution < 1.29 is 18.0 Å². The monoisotopic (exact) mass is 346 g/mol. The maximum Gasteiger partial charge on any atom is 0.446 e. The number of carbonyl (C=O) groups is 1. The Morgan fingerprint density at radius 2 is 2.06 bits per heavy atom. The zero-order valence-electron chi connectivity index (χ0n) is 8.35. The zero-order chi connectivity index (χ0) is 13.1. The fraction of sp³-hybridized carbons (Fsp3) is 0.300. The minimum atomic E-state index is -4.36. The number of Topliss-reactive ketones (excluding diaryl/α,β-unsaturated/α-hetero) is 1. The summed E-state index contributed by atoms with van der Waals surface area (Å²) in [6, 6.07) is 4.13. The van der Waals surface area contributed by atoms with Crippen LogP contribution in [0.3, 0.4) is 0 Å². The van der Waals surface area contributed by atoms with Gasteiger partial charge in [-0.2, -0.15) is 13.2 Å². The second-order valence-electron chi connectivity index (χ2n) is 3.16. The fourth-order valence-electron chi connectivity index (χ4n) is 1.14. The lowest BCUT2D eigenvalue weighted by Crippen LogP contribution is -2.04. The SMILES string of the molecule is O=C(CBr)Cc1ccc(SC(F)(F)F)c(Cl)c1. The molecule has 1 rings (SSSR count). The van der Waals surface area contributed by atoms with Gasteiger partial charge in [0.15, 0.2) is 0 Å². The summed E-state index contributed by atoms with van der Waals surface area (Å²) in [6.45, 7) is 0. The molecule has 0 radical (unpaired) electrons. The lowest BCUT2D eigenvalue weighted by Gasteiger charge is -2.08. The highest BCUT2D eigenvalue weighted by Gasteiger charge is 2.30. The number of alkyl halides is 4. The fourth-order valence-corrected chi connectivity index (χ4v) is 2.20. The summed E-state index contributed by atoms with van der Waals surface area (Å²) in [4.78, 5) is 11.1. The Hall–Kier alpha value is -0.200. The van der Waals surface area contributed by atoms with Gasteiger partial charge in [-0.05, 0) is 29.5 Å². The maximum absolute atomic E-state index is 12.1. The first kappa shape index (κ1) is 14.9. The van der Waals surface area contributed by atoms with E-state index >= 15 is 0 Å². The average Bonchev–Trinajstić information content (AvgIpc) is 2.20. The number of thioether (sulfide) groups is 1. The van der Waals surface area contributed by atoms with Gasteiger partial charge in [-0.25, -0.2) is 0 Å². The molecule has 0 heterocycles. The van der Waals surface area contributed by atoms with E-state index in [1.165, 1.54) is 18.2 Å². The van der Waals surface area contributed by atoms with Crippen LogP contribution in [0.2, 0.25) is 5.02 Å². The third-order valence-corrected chi connectivity index (χ3v) is 3.63. The van der Waals surface area contributed by atoms with Crippen LogP contribution in [-0.2, 0) is 11.2 Å². The third-order valence-electron chi connectivity index (χ3n) is 1.77. The lowest BCUT2D eigenvalue weighted by molar-refractivity contribution is -0.115. The highest BCUT2D eigenvalue weighted by atomic mass is 79.9. The predicted octanol–water partition coefficient (Wildman–Crippen LogP) is 4.46. The summed E-state index contributed by atoms with van der Waals surface area (Å²) >= 11 is 8.46. The van der Waals surface area contributed by atoms with Gasteiger partial charge in [0.2, 0.25) is 0 Å². The molecule has 7 heteroatoms. The third kappa shape index (κ3) is 5.31. The summed E-state index contributed by atoms with van der Waals surface area (Å²) < 4.78 is 36.4. The van der Waals surface area contributed by atoms with E-state index < -0.39 is 5.51 Å². The zero-order valence-corrected chi connectivity index (χ0v) is 11.5. The smallest absolute Gasteiger partial charge is 0.298 e. The van der Waals surface area contributed by atoms with Crippen molar-refractivity contribution in [1.29, 1.82) is 0 Å². The van der Waals surface area contributed by atoms with Crippen molar-refractivity contribution in [3.63, 3.8) is 0 Å². The van der Waals surface area contributed by atoms with Crippen LogP contribution in [0.4, 0.5) is 13.2 Å². The molecule has 17 heavy (non-hydrogen) atoms. The summed E-state index contributed by atoms with van der Waals surface area (Å²) in [5, 5.41) is 0.219. The summed E-state index contributed by atoms with van der Waals surface area (Å²) in [7, 11) is 0. The highest BCUT2D eigenvalue weighted by Crippen LogP contribution is 2.40. The molecule has 0 aromatic heterocycles. The summed E-state index contributed by atoms with van der Waals surface area (Å²) in [6.07, 6.45) is 0.155. The minimum Gasteiger partial charge on any atom is -0.298 e. The molecule has 0 saturated heterocycles. The van der Waals surface area contributed by atoms with Crippen LogP contribution in [0.15, 0.2) is 23.1 Å². The highest BCUT2D eigenvalue weighted by molar-refractivity contribution is 9.09.